The van der Waals surface area contributed by atoms with Crippen LogP contribution in [0.4, 0.5) is 0 Å². The fraction of sp³-hybridized carbons (Fsp3) is 0.348. The van der Waals surface area contributed by atoms with Crippen molar-refractivity contribution in [2.75, 3.05) is 13.1 Å². The molecule has 1 aliphatic heterocycles. The highest BCUT2D eigenvalue weighted by molar-refractivity contribution is 6.30. The van der Waals surface area contributed by atoms with Crippen LogP contribution in [0.25, 0.3) is 28.5 Å². The lowest BCUT2D eigenvalue weighted by Gasteiger charge is -2.34. The van der Waals surface area contributed by atoms with E-state index in [-0.39, 0.29) is 18.3 Å². The van der Waals surface area contributed by atoms with Gasteiger partial charge in [-0.2, -0.15) is 4.98 Å². The third-order valence-electron chi connectivity index (χ3n) is 5.87. The number of piperidine rings is 1. The molecule has 1 amide bonds. The van der Waals surface area contributed by atoms with Crippen LogP contribution in [-0.2, 0) is 11.3 Å². The van der Waals surface area contributed by atoms with Gasteiger partial charge in [-0.25, -0.2) is 13.9 Å². The van der Waals surface area contributed by atoms with E-state index in [9.17, 15) is 9.59 Å². The number of fused-ring (bicyclic) bond motifs is 1. The van der Waals surface area contributed by atoms with Gasteiger partial charge in [0.2, 0.25) is 11.7 Å². The zero-order valence-electron chi connectivity index (χ0n) is 18.3. The number of pyridine rings is 1. The van der Waals surface area contributed by atoms with E-state index in [1.54, 1.807) is 42.6 Å². The van der Waals surface area contributed by atoms with Crippen LogP contribution in [0, 0.1) is 11.8 Å². The number of carbonyl (C=O) groups excluding carboxylic acids is 1. The molecule has 0 unspecified atom stereocenters. The van der Waals surface area contributed by atoms with Crippen LogP contribution in [0.3, 0.4) is 0 Å². The summed E-state index contributed by atoms with van der Waals surface area (Å²) in [5, 5.41) is 9.08. The normalized spacial score (nSPS) is 18.7. The molecule has 0 spiro atoms. The van der Waals surface area contributed by atoms with Gasteiger partial charge in [-0.1, -0.05) is 30.6 Å². The van der Waals surface area contributed by atoms with Gasteiger partial charge in [-0.3, -0.25) is 4.79 Å². The average Bonchev–Trinajstić information content (AvgIpc) is 3.39. The Kier molecular flexibility index (Phi) is 5.49. The van der Waals surface area contributed by atoms with Crippen LogP contribution in [0.15, 0.2) is 51.9 Å². The second kappa shape index (κ2) is 8.47. The number of nitrogens with zero attached hydrogens (tertiary/aromatic N) is 6. The van der Waals surface area contributed by atoms with Gasteiger partial charge in [0, 0.05) is 29.9 Å². The SMILES string of the molecule is C[C@H]1C[C@H](C)CN(C(=O)Cn2nc3c(-c4nc(-c5ccc(Cl)cc5)no4)cccn3c2=O)C1. The molecule has 0 saturated carbocycles. The van der Waals surface area contributed by atoms with Gasteiger partial charge in [-0.15, -0.1) is 5.10 Å². The van der Waals surface area contributed by atoms with E-state index in [1.807, 2.05) is 4.90 Å². The Morgan fingerprint density at radius 3 is 2.61 bits per heavy atom. The van der Waals surface area contributed by atoms with Crippen molar-refractivity contribution in [3.63, 3.8) is 0 Å². The summed E-state index contributed by atoms with van der Waals surface area (Å²) < 4.78 is 8.04. The summed E-state index contributed by atoms with van der Waals surface area (Å²) in [7, 11) is 0. The number of carbonyl (C=O) groups is 1. The number of hydrogen-bond acceptors (Lipinski definition) is 6. The predicted molar refractivity (Wildman–Crippen MR) is 123 cm³/mol. The maximum atomic E-state index is 12.9. The Balaban J connectivity index is 1.45. The number of halogens is 1. The maximum Gasteiger partial charge on any atom is 0.350 e. The molecule has 33 heavy (non-hydrogen) atoms. The molecule has 9 nitrogen and oxygen atoms in total. The molecule has 0 N–H and O–H groups in total. The zero-order chi connectivity index (χ0) is 23.1. The monoisotopic (exact) mass is 466 g/mol. The maximum absolute atomic E-state index is 12.9. The highest BCUT2D eigenvalue weighted by Crippen LogP contribution is 2.25. The quantitative estimate of drug-likeness (QED) is 0.457. The lowest BCUT2D eigenvalue weighted by molar-refractivity contribution is -0.134. The third-order valence-corrected chi connectivity index (χ3v) is 6.13. The summed E-state index contributed by atoms with van der Waals surface area (Å²) in [6, 6.07) is 10.5. The molecule has 0 bridgehead atoms. The first-order chi connectivity index (χ1) is 15.9. The Morgan fingerprint density at radius 1 is 1.15 bits per heavy atom. The molecule has 2 atom stereocenters. The van der Waals surface area contributed by atoms with Crippen LogP contribution >= 0.6 is 11.6 Å². The van der Waals surface area contributed by atoms with Gasteiger partial charge in [-0.05, 0) is 54.7 Å². The lowest BCUT2D eigenvalue weighted by Crippen LogP contribution is -2.45. The van der Waals surface area contributed by atoms with Crippen LogP contribution in [0.2, 0.25) is 5.02 Å². The number of amides is 1. The van der Waals surface area contributed by atoms with E-state index in [2.05, 4.69) is 29.1 Å². The van der Waals surface area contributed by atoms with E-state index in [0.717, 1.165) is 12.0 Å². The highest BCUT2D eigenvalue weighted by Gasteiger charge is 2.26. The molecule has 1 fully saturated rings. The molecule has 1 saturated heterocycles. The summed E-state index contributed by atoms with van der Waals surface area (Å²) in [4.78, 5) is 32.1. The van der Waals surface area contributed by atoms with Crippen molar-refractivity contribution < 1.29 is 9.32 Å². The molecule has 10 heteroatoms. The average molecular weight is 467 g/mol. The molecule has 1 aromatic carbocycles. The second-order valence-electron chi connectivity index (χ2n) is 8.73. The molecular weight excluding hydrogens is 444 g/mol. The summed E-state index contributed by atoms with van der Waals surface area (Å²) in [6.45, 7) is 5.57. The standard InChI is InChI=1S/C23H23ClN6O3/c1-14-10-15(2)12-28(11-14)19(31)13-30-23(32)29-9-3-4-18(21(29)26-30)22-25-20(27-33-22)16-5-7-17(24)8-6-16/h3-9,14-15H,10-13H2,1-2H3/t14-,15-/m0/s1. The van der Waals surface area contributed by atoms with E-state index >= 15 is 0 Å². The van der Waals surface area contributed by atoms with Gasteiger partial charge in [0.25, 0.3) is 5.89 Å². The Bertz CT molecular complexity index is 1360. The molecule has 0 radical (unpaired) electrons. The molecular formula is C23H23ClN6O3. The Hall–Kier alpha value is -3.46. The van der Waals surface area contributed by atoms with Gasteiger partial charge in [0.15, 0.2) is 5.65 Å². The van der Waals surface area contributed by atoms with Crippen molar-refractivity contribution in [1.82, 2.24) is 29.2 Å². The number of rotatable bonds is 4. The largest absolute Gasteiger partial charge is 0.350 e. The minimum atomic E-state index is -0.393. The first-order valence-electron chi connectivity index (χ1n) is 10.8. The molecule has 0 aliphatic carbocycles. The van der Waals surface area contributed by atoms with E-state index in [1.165, 1.54) is 9.08 Å². The molecule has 4 heterocycles. The molecule has 3 aromatic heterocycles. The van der Waals surface area contributed by atoms with Gasteiger partial charge >= 0.3 is 5.69 Å². The van der Waals surface area contributed by atoms with Gasteiger partial charge in [0.05, 0.1) is 5.56 Å². The lowest BCUT2D eigenvalue weighted by atomic mass is 9.92. The van der Waals surface area contributed by atoms with Crippen molar-refractivity contribution >= 4 is 23.2 Å². The summed E-state index contributed by atoms with van der Waals surface area (Å²) in [5.41, 5.74) is 1.21. The number of hydrogen-bond donors (Lipinski definition) is 0. The Labute approximate surface area is 194 Å². The van der Waals surface area contributed by atoms with Gasteiger partial charge < -0.3 is 9.42 Å². The topological polar surface area (TPSA) is 98.5 Å². The van der Waals surface area contributed by atoms with Crippen molar-refractivity contribution in [2.24, 2.45) is 11.8 Å². The van der Waals surface area contributed by atoms with E-state index in [0.29, 0.717) is 47.0 Å². The number of likely N-dealkylation sites (tertiary alicyclic amines) is 1. The van der Waals surface area contributed by atoms with Crippen molar-refractivity contribution in [3.05, 3.63) is 58.1 Å². The highest BCUT2D eigenvalue weighted by atomic mass is 35.5. The van der Waals surface area contributed by atoms with Crippen molar-refractivity contribution in [3.8, 4) is 22.8 Å². The van der Waals surface area contributed by atoms with Crippen LogP contribution in [0.1, 0.15) is 20.3 Å². The summed E-state index contributed by atoms with van der Waals surface area (Å²) in [6.07, 6.45) is 2.71. The predicted octanol–water partition coefficient (Wildman–Crippen LogP) is 3.37. The number of aromatic nitrogens is 5. The summed E-state index contributed by atoms with van der Waals surface area (Å²) in [5.74, 6) is 1.40. The molecule has 1 aliphatic rings. The first-order valence-corrected chi connectivity index (χ1v) is 11.2. The Morgan fingerprint density at radius 2 is 1.88 bits per heavy atom. The fourth-order valence-electron chi connectivity index (χ4n) is 4.45. The smallest absolute Gasteiger partial charge is 0.341 e. The van der Waals surface area contributed by atoms with Gasteiger partial charge in [0.1, 0.15) is 6.54 Å². The van der Waals surface area contributed by atoms with Crippen molar-refractivity contribution in [2.45, 2.75) is 26.8 Å². The minimum absolute atomic E-state index is 0.108. The molecule has 4 aromatic rings. The third kappa shape index (κ3) is 4.16. The zero-order valence-corrected chi connectivity index (χ0v) is 19.1. The van der Waals surface area contributed by atoms with Crippen LogP contribution in [-0.4, -0.2) is 48.2 Å². The van der Waals surface area contributed by atoms with E-state index < -0.39 is 5.69 Å². The molecule has 170 valence electrons. The number of benzene rings is 1. The first kappa shape index (κ1) is 21.4. The summed E-state index contributed by atoms with van der Waals surface area (Å²) >= 11 is 5.95. The second-order valence-corrected chi connectivity index (χ2v) is 9.17. The van der Waals surface area contributed by atoms with E-state index in [4.69, 9.17) is 16.1 Å². The fourth-order valence-corrected chi connectivity index (χ4v) is 4.58. The van der Waals surface area contributed by atoms with Crippen molar-refractivity contribution in [1.29, 1.82) is 0 Å². The minimum Gasteiger partial charge on any atom is -0.341 e. The van der Waals surface area contributed by atoms with Crippen LogP contribution in [0.5, 0.6) is 0 Å². The van der Waals surface area contributed by atoms with Crippen LogP contribution < -0.4 is 5.69 Å². The molecule has 5 rings (SSSR count).